The van der Waals surface area contributed by atoms with E-state index in [0.717, 1.165) is 25.7 Å². The molecule has 0 nitrogen and oxygen atoms in total. The van der Waals surface area contributed by atoms with E-state index in [1.807, 2.05) is 13.8 Å². The topological polar surface area (TPSA) is 0 Å². The second-order valence-corrected chi connectivity index (χ2v) is 5.07. The van der Waals surface area contributed by atoms with Crippen molar-refractivity contribution in [1.82, 2.24) is 0 Å². The minimum Gasteiger partial charge on any atom is -0.242 e. The van der Waals surface area contributed by atoms with Gasteiger partial charge < -0.3 is 0 Å². The summed E-state index contributed by atoms with van der Waals surface area (Å²) >= 11 is 0. The van der Waals surface area contributed by atoms with Crippen molar-refractivity contribution in [2.45, 2.75) is 64.7 Å². The molecule has 1 aromatic carbocycles. The number of alkyl halides is 2. The first kappa shape index (κ1) is 16.2. The minimum atomic E-state index is -1.16. The zero-order valence-corrected chi connectivity index (χ0v) is 12.0. The Morgan fingerprint density at radius 3 is 2.16 bits per heavy atom. The zero-order valence-electron chi connectivity index (χ0n) is 12.0. The summed E-state index contributed by atoms with van der Waals surface area (Å²) in [6, 6.07) is 5.04. The lowest BCUT2D eigenvalue weighted by molar-refractivity contribution is 0.287. The molecule has 0 N–H and O–H groups in total. The smallest absolute Gasteiger partial charge is 0.125 e. The first-order valence-corrected chi connectivity index (χ1v) is 7.28. The van der Waals surface area contributed by atoms with Crippen molar-refractivity contribution >= 4 is 13.3 Å². The summed E-state index contributed by atoms with van der Waals surface area (Å²) < 4.78 is 28.5. The predicted octanol–water partition coefficient (Wildman–Crippen LogP) is 4.88. The van der Waals surface area contributed by atoms with Crippen LogP contribution in [0.3, 0.4) is 0 Å². The third kappa shape index (κ3) is 4.63. The van der Waals surface area contributed by atoms with Gasteiger partial charge in [-0.25, -0.2) is 8.78 Å². The first-order valence-electron chi connectivity index (χ1n) is 7.28. The number of rotatable bonds is 8. The summed E-state index contributed by atoms with van der Waals surface area (Å²) in [7, 11) is 5.85. The van der Waals surface area contributed by atoms with E-state index >= 15 is 0 Å². The van der Waals surface area contributed by atoms with E-state index in [1.54, 1.807) is 18.2 Å². The van der Waals surface area contributed by atoms with Crippen LogP contribution in [0.2, 0.25) is 0 Å². The lowest BCUT2D eigenvalue weighted by Crippen LogP contribution is -2.16. The maximum absolute atomic E-state index is 14.3. The highest BCUT2D eigenvalue weighted by atomic mass is 19.1. The normalized spacial score (nSPS) is 14.3. The largest absolute Gasteiger partial charge is 0.242 e. The van der Waals surface area contributed by atoms with Gasteiger partial charge in [-0.2, -0.15) is 0 Å². The molecule has 0 heterocycles. The van der Waals surface area contributed by atoms with Crippen LogP contribution in [-0.4, -0.2) is 7.85 Å². The number of unbranched alkanes of at least 4 members (excludes halogenated alkanes) is 2. The average Bonchev–Trinajstić information content (AvgIpc) is 2.41. The van der Waals surface area contributed by atoms with E-state index in [9.17, 15) is 8.78 Å². The van der Waals surface area contributed by atoms with Crippen molar-refractivity contribution in [3.63, 3.8) is 0 Å². The van der Waals surface area contributed by atoms with Crippen LogP contribution in [0.25, 0.3) is 0 Å². The van der Waals surface area contributed by atoms with E-state index in [-0.39, 0.29) is 0 Å². The summed E-state index contributed by atoms with van der Waals surface area (Å²) in [4.78, 5) is 0. The third-order valence-corrected chi connectivity index (χ3v) is 3.45. The molecule has 3 heteroatoms. The van der Waals surface area contributed by atoms with Gasteiger partial charge in [0.05, 0.1) is 0 Å². The first-order chi connectivity index (χ1) is 9.11. The summed E-state index contributed by atoms with van der Waals surface area (Å²) in [5.41, 5.74) is 1.19. The Kier molecular flexibility index (Phi) is 7.11. The molecule has 2 radical (unpaired) electrons. The highest BCUT2D eigenvalue weighted by Crippen LogP contribution is 2.32. The van der Waals surface area contributed by atoms with Crippen molar-refractivity contribution in [3.8, 4) is 0 Å². The summed E-state index contributed by atoms with van der Waals surface area (Å²) in [6.45, 7) is 4.04. The van der Waals surface area contributed by atoms with Crippen molar-refractivity contribution in [3.05, 3.63) is 29.3 Å². The van der Waals surface area contributed by atoms with Gasteiger partial charge in [0.15, 0.2) is 0 Å². The Morgan fingerprint density at radius 1 is 1.00 bits per heavy atom. The van der Waals surface area contributed by atoms with Gasteiger partial charge >= 0.3 is 0 Å². The molecule has 104 valence electrons. The molecular weight excluding hydrogens is 241 g/mol. The molecule has 0 aliphatic carbocycles. The molecule has 19 heavy (non-hydrogen) atoms. The van der Waals surface area contributed by atoms with E-state index in [0.29, 0.717) is 29.4 Å². The van der Waals surface area contributed by atoms with E-state index in [1.165, 1.54) is 0 Å². The van der Waals surface area contributed by atoms with Gasteiger partial charge in [0, 0.05) is 0 Å². The van der Waals surface area contributed by atoms with Crippen LogP contribution >= 0.6 is 0 Å². The maximum atomic E-state index is 14.3. The van der Waals surface area contributed by atoms with Crippen LogP contribution in [0.5, 0.6) is 0 Å². The van der Waals surface area contributed by atoms with E-state index in [2.05, 4.69) is 0 Å². The summed E-state index contributed by atoms with van der Waals surface area (Å²) in [5.74, 6) is 0. The molecule has 0 aromatic heterocycles. The van der Waals surface area contributed by atoms with Crippen LogP contribution < -0.4 is 5.46 Å². The van der Waals surface area contributed by atoms with Crippen LogP contribution in [0.4, 0.5) is 8.78 Å². The summed E-state index contributed by atoms with van der Waals surface area (Å²) in [6.07, 6.45) is 2.05. The van der Waals surface area contributed by atoms with Crippen molar-refractivity contribution < 1.29 is 8.78 Å². The van der Waals surface area contributed by atoms with Crippen LogP contribution in [0, 0.1) is 0 Å². The average molecular weight is 264 g/mol. The molecule has 0 saturated heterocycles. The molecule has 0 fully saturated rings. The molecule has 1 aromatic rings. The van der Waals surface area contributed by atoms with Crippen molar-refractivity contribution in [2.75, 3.05) is 0 Å². The fourth-order valence-corrected chi connectivity index (χ4v) is 2.30. The minimum absolute atomic E-state index is 0.375. The van der Waals surface area contributed by atoms with Gasteiger partial charge in [-0.15, -0.1) is 0 Å². The van der Waals surface area contributed by atoms with Crippen molar-refractivity contribution in [2.24, 2.45) is 0 Å². The van der Waals surface area contributed by atoms with Crippen LogP contribution in [-0.2, 0) is 0 Å². The number of hydrogen-bond donors (Lipinski definition) is 0. The highest BCUT2D eigenvalue weighted by Gasteiger charge is 2.21. The Bertz CT molecular complexity index is 379. The number of hydrogen-bond acceptors (Lipinski definition) is 0. The lowest BCUT2D eigenvalue weighted by Gasteiger charge is -2.19. The lowest BCUT2D eigenvalue weighted by atomic mass is 9.82. The SMILES string of the molecule is [B]c1cccc(C(F)CCCC)c1C(F)CCCC. The Labute approximate surface area is 117 Å². The van der Waals surface area contributed by atoms with Gasteiger partial charge in [0.2, 0.25) is 0 Å². The molecule has 1 rings (SSSR count). The van der Waals surface area contributed by atoms with Crippen molar-refractivity contribution in [1.29, 1.82) is 0 Å². The summed E-state index contributed by atoms with van der Waals surface area (Å²) in [5, 5.41) is 0. The Morgan fingerprint density at radius 2 is 1.58 bits per heavy atom. The monoisotopic (exact) mass is 264 g/mol. The fourth-order valence-electron chi connectivity index (χ4n) is 2.30. The van der Waals surface area contributed by atoms with Gasteiger partial charge in [-0.05, 0) is 24.0 Å². The molecule has 0 aliphatic rings. The highest BCUT2D eigenvalue weighted by molar-refractivity contribution is 6.33. The predicted molar refractivity (Wildman–Crippen MR) is 78.6 cm³/mol. The molecule has 0 amide bonds. The van der Waals surface area contributed by atoms with Gasteiger partial charge in [0.25, 0.3) is 0 Å². The Balaban J connectivity index is 2.93. The van der Waals surface area contributed by atoms with Crippen LogP contribution in [0.15, 0.2) is 18.2 Å². The maximum Gasteiger partial charge on any atom is 0.125 e. The molecule has 0 bridgehead atoms. The van der Waals surface area contributed by atoms with Gasteiger partial charge in [-0.3, -0.25) is 0 Å². The number of halogens is 2. The zero-order chi connectivity index (χ0) is 14.3. The Hall–Kier alpha value is -0.855. The molecule has 0 aliphatic heterocycles. The molecule has 2 unspecified atom stereocenters. The molecule has 2 atom stereocenters. The quantitative estimate of drug-likeness (QED) is 0.587. The second kappa shape index (κ2) is 8.34. The van der Waals surface area contributed by atoms with Gasteiger partial charge in [0.1, 0.15) is 20.2 Å². The fraction of sp³-hybridized carbons (Fsp3) is 0.625. The van der Waals surface area contributed by atoms with E-state index in [4.69, 9.17) is 7.85 Å². The second-order valence-electron chi connectivity index (χ2n) is 5.07. The third-order valence-electron chi connectivity index (χ3n) is 3.45. The standard InChI is InChI=1S/C16H23BF2/c1-3-5-10-14(18)12-8-7-9-13(17)16(12)15(19)11-6-4-2/h7-9,14-15H,3-6,10-11H2,1-2H3. The molecular formula is C16H23BF2. The van der Waals surface area contributed by atoms with Crippen LogP contribution in [0.1, 0.15) is 75.8 Å². The molecule has 0 saturated carbocycles. The van der Waals surface area contributed by atoms with E-state index < -0.39 is 12.3 Å². The molecule has 0 spiro atoms. The number of benzene rings is 1. The van der Waals surface area contributed by atoms with Gasteiger partial charge in [-0.1, -0.05) is 63.2 Å².